The number of nitrogens with one attached hydrogen (secondary N) is 1. The van der Waals surface area contributed by atoms with Crippen molar-refractivity contribution in [3.63, 3.8) is 0 Å². The molecule has 0 radical (unpaired) electrons. The molecule has 1 aliphatic carbocycles. The summed E-state index contributed by atoms with van der Waals surface area (Å²) in [5, 5.41) is 14.6. The number of benzene rings is 1. The maximum absolute atomic E-state index is 12.2. The number of aliphatic hydroxyl groups excluding tert-OH is 1. The van der Waals surface area contributed by atoms with Crippen LogP contribution < -0.4 is 10.1 Å². The fourth-order valence-corrected chi connectivity index (χ4v) is 3.15. The van der Waals surface area contributed by atoms with Gasteiger partial charge in [0.15, 0.2) is 0 Å². The first-order valence-electron chi connectivity index (χ1n) is 7.31. The zero-order valence-electron chi connectivity index (χ0n) is 12.1. The highest BCUT2D eigenvalue weighted by Gasteiger charge is 2.31. The highest BCUT2D eigenvalue weighted by molar-refractivity contribution is 7.07. The molecule has 0 aliphatic heterocycles. The third-order valence-electron chi connectivity index (χ3n) is 3.79. The van der Waals surface area contributed by atoms with E-state index in [4.69, 9.17) is 4.74 Å². The summed E-state index contributed by atoms with van der Waals surface area (Å²) in [6, 6.07) is 7.27. The topological polar surface area (TPSA) is 71.5 Å². The van der Waals surface area contributed by atoms with Crippen LogP contribution in [0.25, 0.3) is 0 Å². The molecule has 0 spiro atoms. The molecule has 1 fully saturated rings. The Labute approximate surface area is 133 Å². The fraction of sp³-hybridized carbons (Fsp3) is 0.375. The Morgan fingerprint density at radius 2 is 2.36 bits per heavy atom. The van der Waals surface area contributed by atoms with Crippen molar-refractivity contribution in [3.05, 3.63) is 40.8 Å². The zero-order valence-corrected chi connectivity index (χ0v) is 12.9. The summed E-state index contributed by atoms with van der Waals surface area (Å²) in [5.74, 6) is 0.249. The van der Waals surface area contributed by atoms with Crippen LogP contribution in [0.15, 0.2) is 35.2 Å². The van der Waals surface area contributed by atoms with Crippen molar-refractivity contribution in [2.24, 2.45) is 5.92 Å². The van der Waals surface area contributed by atoms with Gasteiger partial charge >= 0.3 is 0 Å². The molecule has 3 rings (SSSR count). The number of thiazole rings is 1. The molecule has 2 aromatic rings. The Morgan fingerprint density at radius 1 is 1.45 bits per heavy atom. The minimum atomic E-state index is -0.524. The van der Waals surface area contributed by atoms with E-state index in [0.29, 0.717) is 24.5 Å². The number of ether oxygens (including phenoxy) is 1. The number of hydrogen-bond donors (Lipinski definition) is 2. The van der Waals surface area contributed by atoms with Gasteiger partial charge in [0.25, 0.3) is 0 Å². The average molecular weight is 318 g/mol. The predicted octanol–water partition coefficient (Wildman–Crippen LogP) is 2.82. The molecular formula is C16H18N2O3S. The number of amides is 1. The lowest BCUT2D eigenvalue weighted by Gasteiger charge is -2.15. The Balaban J connectivity index is 1.59. The van der Waals surface area contributed by atoms with Crippen LogP contribution >= 0.6 is 11.3 Å². The Hall–Kier alpha value is -1.92. The Bertz CT molecular complexity index is 630. The van der Waals surface area contributed by atoms with E-state index in [2.05, 4.69) is 10.3 Å². The lowest BCUT2D eigenvalue weighted by Crippen LogP contribution is -2.28. The molecule has 116 valence electrons. The SMILES string of the molecule is O=C(Nc1cccc(OCc2cscn2)c1)C1CCCC1O. The predicted molar refractivity (Wildman–Crippen MR) is 84.9 cm³/mol. The van der Waals surface area contributed by atoms with Crippen molar-refractivity contribution < 1.29 is 14.6 Å². The molecule has 1 aliphatic rings. The van der Waals surface area contributed by atoms with Gasteiger partial charge in [-0.2, -0.15) is 0 Å². The van der Waals surface area contributed by atoms with Gasteiger partial charge in [-0.15, -0.1) is 11.3 Å². The molecule has 22 heavy (non-hydrogen) atoms. The van der Waals surface area contributed by atoms with Crippen molar-refractivity contribution in [2.45, 2.75) is 32.0 Å². The minimum absolute atomic E-state index is 0.123. The second-order valence-corrected chi connectivity index (χ2v) is 6.11. The number of aliphatic hydroxyl groups is 1. The van der Waals surface area contributed by atoms with Gasteiger partial charge in [0, 0.05) is 17.1 Å². The van der Waals surface area contributed by atoms with Crippen molar-refractivity contribution in [1.29, 1.82) is 0 Å². The highest BCUT2D eigenvalue weighted by atomic mass is 32.1. The fourth-order valence-electron chi connectivity index (χ4n) is 2.61. The van der Waals surface area contributed by atoms with Gasteiger partial charge in [-0.1, -0.05) is 6.07 Å². The molecule has 0 bridgehead atoms. The summed E-state index contributed by atoms with van der Waals surface area (Å²) in [4.78, 5) is 16.3. The van der Waals surface area contributed by atoms with E-state index in [0.717, 1.165) is 18.5 Å². The van der Waals surface area contributed by atoms with Crippen molar-refractivity contribution in [3.8, 4) is 5.75 Å². The molecule has 5 nitrogen and oxygen atoms in total. The summed E-state index contributed by atoms with van der Waals surface area (Å²) >= 11 is 1.53. The van der Waals surface area contributed by atoms with Crippen molar-refractivity contribution in [2.75, 3.05) is 5.32 Å². The van der Waals surface area contributed by atoms with E-state index in [9.17, 15) is 9.90 Å². The van der Waals surface area contributed by atoms with Crippen LogP contribution in [0.2, 0.25) is 0 Å². The average Bonchev–Trinajstić information content (AvgIpc) is 3.16. The standard InChI is InChI=1S/C16H18N2O3S/c19-15-6-2-5-14(15)16(20)18-11-3-1-4-13(7-11)21-8-12-9-22-10-17-12/h1,3-4,7,9-10,14-15,19H,2,5-6,8H2,(H,18,20). The van der Waals surface area contributed by atoms with Gasteiger partial charge in [-0.3, -0.25) is 4.79 Å². The van der Waals surface area contributed by atoms with Gasteiger partial charge in [0.1, 0.15) is 12.4 Å². The maximum Gasteiger partial charge on any atom is 0.230 e. The third-order valence-corrected chi connectivity index (χ3v) is 4.42. The van der Waals surface area contributed by atoms with Crippen LogP contribution in [-0.4, -0.2) is 22.1 Å². The molecule has 1 aromatic carbocycles. The van der Waals surface area contributed by atoms with Gasteiger partial charge in [0.05, 0.1) is 23.2 Å². The number of nitrogens with zero attached hydrogens (tertiary/aromatic N) is 1. The first-order chi connectivity index (χ1) is 10.7. The number of anilines is 1. The summed E-state index contributed by atoms with van der Waals surface area (Å²) < 4.78 is 5.66. The molecule has 6 heteroatoms. The molecule has 1 saturated carbocycles. The van der Waals surface area contributed by atoms with E-state index in [1.54, 1.807) is 11.6 Å². The highest BCUT2D eigenvalue weighted by Crippen LogP contribution is 2.27. The van der Waals surface area contributed by atoms with Crippen LogP contribution in [0.1, 0.15) is 25.0 Å². The summed E-state index contributed by atoms with van der Waals surface area (Å²) in [5.41, 5.74) is 3.33. The Kier molecular flexibility index (Phi) is 4.70. The normalized spacial score (nSPS) is 20.8. The number of rotatable bonds is 5. The lowest BCUT2D eigenvalue weighted by molar-refractivity contribution is -0.122. The second-order valence-electron chi connectivity index (χ2n) is 5.39. The number of carbonyl (C=O) groups is 1. The van der Waals surface area contributed by atoms with Crippen LogP contribution in [0, 0.1) is 5.92 Å². The molecule has 2 N–H and O–H groups in total. The minimum Gasteiger partial charge on any atom is -0.487 e. The van der Waals surface area contributed by atoms with Gasteiger partial charge in [-0.05, 0) is 31.4 Å². The molecule has 1 amide bonds. The quantitative estimate of drug-likeness (QED) is 0.889. The van der Waals surface area contributed by atoms with Crippen LogP contribution in [0.4, 0.5) is 5.69 Å². The molecule has 1 aromatic heterocycles. The van der Waals surface area contributed by atoms with E-state index < -0.39 is 6.10 Å². The third kappa shape index (κ3) is 3.64. The Morgan fingerprint density at radius 3 is 3.09 bits per heavy atom. The van der Waals surface area contributed by atoms with E-state index >= 15 is 0 Å². The first kappa shape index (κ1) is 15.0. The monoisotopic (exact) mass is 318 g/mol. The largest absolute Gasteiger partial charge is 0.487 e. The summed E-state index contributed by atoms with van der Waals surface area (Å²) in [6.45, 7) is 0.405. The summed E-state index contributed by atoms with van der Waals surface area (Å²) in [6.07, 6.45) is 1.82. The van der Waals surface area contributed by atoms with Crippen LogP contribution in [0.5, 0.6) is 5.75 Å². The van der Waals surface area contributed by atoms with Crippen molar-refractivity contribution >= 4 is 22.9 Å². The smallest absolute Gasteiger partial charge is 0.230 e. The maximum atomic E-state index is 12.2. The zero-order chi connectivity index (χ0) is 15.4. The van der Waals surface area contributed by atoms with Gasteiger partial charge < -0.3 is 15.2 Å². The number of aromatic nitrogens is 1. The molecule has 2 unspecified atom stereocenters. The van der Waals surface area contributed by atoms with Gasteiger partial charge in [-0.25, -0.2) is 4.98 Å². The second kappa shape index (κ2) is 6.89. The first-order valence-corrected chi connectivity index (χ1v) is 8.25. The van der Waals surface area contributed by atoms with Crippen LogP contribution in [0.3, 0.4) is 0 Å². The lowest BCUT2D eigenvalue weighted by atomic mass is 10.1. The van der Waals surface area contributed by atoms with E-state index in [1.165, 1.54) is 11.3 Å². The van der Waals surface area contributed by atoms with E-state index in [-0.39, 0.29) is 11.8 Å². The molecule has 0 saturated heterocycles. The number of hydrogen-bond acceptors (Lipinski definition) is 5. The van der Waals surface area contributed by atoms with Crippen LogP contribution in [-0.2, 0) is 11.4 Å². The summed E-state index contributed by atoms with van der Waals surface area (Å²) in [7, 11) is 0. The molecule has 2 atom stereocenters. The number of carbonyl (C=O) groups excluding carboxylic acids is 1. The van der Waals surface area contributed by atoms with E-state index in [1.807, 2.05) is 23.6 Å². The molecule has 1 heterocycles. The van der Waals surface area contributed by atoms with Gasteiger partial charge in [0.2, 0.25) is 5.91 Å². The molecular weight excluding hydrogens is 300 g/mol. The van der Waals surface area contributed by atoms with Crippen molar-refractivity contribution in [1.82, 2.24) is 4.98 Å².